The standard InChI is InChI=1S/C11H22O5/c1-2-10(6-15-7-10)8-16-9-11(3-12,4-13)5-14/h12-14H,2-9H2,1H3. The Kier molecular flexibility index (Phi) is 5.14. The normalized spacial score (nSPS) is 19.5. The van der Waals surface area contributed by atoms with Crippen molar-refractivity contribution in [2.24, 2.45) is 10.8 Å². The zero-order chi connectivity index (χ0) is 12.1. The van der Waals surface area contributed by atoms with Gasteiger partial charge in [0.25, 0.3) is 0 Å². The molecule has 16 heavy (non-hydrogen) atoms. The van der Waals surface area contributed by atoms with E-state index in [0.29, 0.717) is 19.8 Å². The number of ether oxygens (including phenoxy) is 2. The van der Waals surface area contributed by atoms with Gasteiger partial charge in [-0.25, -0.2) is 0 Å². The second-order valence-corrected chi connectivity index (χ2v) is 4.81. The van der Waals surface area contributed by atoms with Crippen LogP contribution in [-0.2, 0) is 9.47 Å². The maximum atomic E-state index is 9.11. The third-order valence-electron chi connectivity index (χ3n) is 3.39. The minimum Gasteiger partial charge on any atom is -0.396 e. The van der Waals surface area contributed by atoms with Gasteiger partial charge in [-0.15, -0.1) is 0 Å². The highest BCUT2D eigenvalue weighted by Crippen LogP contribution is 2.32. The lowest BCUT2D eigenvalue weighted by molar-refractivity contribution is -0.163. The summed E-state index contributed by atoms with van der Waals surface area (Å²) in [4.78, 5) is 0. The largest absolute Gasteiger partial charge is 0.396 e. The van der Waals surface area contributed by atoms with Gasteiger partial charge in [-0.05, 0) is 6.42 Å². The summed E-state index contributed by atoms with van der Waals surface area (Å²) in [6.45, 7) is 3.36. The van der Waals surface area contributed by atoms with Gasteiger partial charge in [0.05, 0.1) is 51.7 Å². The van der Waals surface area contributed by atoms with Gasteiger partial charge in [-0.2, -0.15) is 0 Å². The van der Waals surface area contributed by atoms with Gasteiger partial charge in [0.2, 0.25) is 0 Å². The molecule has 0 saturated carbocycles. The van der Waals surface area contributed by atoms with Crippen LogP contribution in [-0.4, -0.2) is 61.6 Å². The molecule has 0 aromatic rings. The van der Waals surface area contributed by atoms with E-state index in [1.54, 1.807) is 0 Å². The van der Waals surface area contributed by atoms with Crippen LogP contribution in [0.1, 0.15) is 13.3 Å². The highest BCUT2D eigenvalue weighted by atomic mass is 16.5. The van der Waals surface area contributed by atoms with Gasteiger partial charge in [0.1, 0.15) is 0 Å². The molecule has 1 aliphatic rings. The first-order valence-corrected chi connectivity index (χ1v) is 5.64. The maximum Gasteiger partial charge on any atom is 0.0629 e. The van der Waals surface area contributed by atoms with Crippen LogP contribution >= 0.6 is 0 Å². The van der Waals surface area contributed by atoms with Crippen molar-refractivity contribution in [2.45, 2.75) is 13.3 Å². The molecule has 3 N–H and O–H groups in total. The minimum absolute atomic E-state index is 0.0894. The fourth-order valence-corrected chi connectivity index (χ4v) is 1.55. The van der Waals surface area contributed by atoms with Crippen molar-refractivity contribution in [1.29, 1.82) is 0 Å². The zero-order valence-corrected chi connectivity index (χ0v) is 9.81. The van der Waals surface area contributed by atoms with Crippen LogP contribution < -0.4 is 0 Å². The summed E-state index contributed by atoms with van der Waals surface area (Å²) < 4.78 is 10.7. The van der Waals surface area contributed by atoms with Gasteiger partial charge in [0.15, 0.2) is 0 Å². The Morgan fingerprint density at radius 3 is 2.06 bits per heavy atom. The SMILES string of the molecule is CCC1(COCC(CO)(CO)CO)COC1. The van der Waals surface area contributed by atoms with Crippen LogP contribution in [0.3, 0.4) is 0 Å². The van der Waals surface area contributed by atoms with Crippen molar-refractivity contribution in [1.82, 2.24) is 0 Å². The Morgan fingerprint density at radius 1 is 1.19 bits per heavy atom. The van der Waals surface area contributed by atoms with Crippen molar-refractivity contribution in [3.05, 3.63) is 0 Å². The van der Waals surface area contributed by atoms with E-state index in [0.717, 1.165) is 6.42 Å². The summed E-state index contributed by atoms with van der Waals surface area (Å²) in [5.41, 5.74) is -0.842. The minimum atomic E-state index is -0.931. The molecule has 0 aliphatic carbocycles. The maximum absolute atomic E-state index is 9.11. The predicted octanol–water partition coefficient (Wildman–Crippen LogP) is -0.607. The van der Waals surface area contributed by atoms with E-state index in [9.17, 15) is 0 Å². The molecular weight excluding hydrogens is 212 g/mol. The first kappa shape index (κ1) is 13.9. The van der Waals surface area contributed by atoms with Gasteiger partial charge >= 0.3 is 0 Å². The molecule has 1 aliphatic heterocycles. The quantitative estimate of drug-likeness (QED) is 0.522. The molecule has 0 bridgehead atoms. The first-order valence-electron chi connectivity index (χ1n) is 5.64. The Hall–Kier alpha value is -0.200. The van der Waals surface area contributed by atoms with Gasteiger partial charge in [0, 0.05) is 5.41 Å². The molecule has 0 radical (unpaired) electrons. The van der Waals surface area contributed by atoms with Crippen LogP contribution in [0.2, 0.25) is 0 Å². The molecule has 0 aromatic carbocycles. The van der Waals surface area contributed by atoms with E-state index in [-0.39, 0.29) is 31.8 Å². The molecule has 5 heteroatoms. The lowest BCUT2D eigenvalue weighted by Crippen LogP contribution is -2.47. The molecular formula is C11H22O5. The second-order valence-electron chi connectivity index (χ2n) is 4.81. The van der Waals surface area contributed by atoms with Crippen LogP contribution in [0.15, 0.2) is 0 Å². The van der Waals surface area contributed by atoms with Gasteiger partial charge in [-0.1, -0.05) is 6.92 Å². The van der Waals surface area contributed by atoms with E-state index in [4.69, 9.17) is 24.8 Å². The van der Waals surface area contributed by atoms with Gasteiger partial charge < -0.3 is 24.8 Å². The number of rotatable bonds is 8. The monoisotopic (exact) mass is 234 g/mol. The molecule has 96 valence electrons. The van der Waals surface area contributed by atoms with Crippen molar-refractivity contribution in [2.75, 3.05) is 46.2 Å². The second kappa shape index (κ2) is 5.93. The van der Waals surface area contributed by atoms with Crippen molar-refractivity contribution in [3.8, 4) is 0 Å². The van der Waals surface area contributed by atoms with E-state index < -0.39 is 5.41 Å². The van der Waals surface area contributed by atoms with Crippen LogP contribution in [0.25, 0.3) is 0 Å². The average molecular weight is 234 g/mol. The third-order valence-corrected chi connectivity index (χ3v) is 3.39. The lowest BCUT2D eigenvalue weighted by atomic mass is 9.84. The highest BCUT2D eigenvalue weighted by Gasteiger charge is 2.38. The van der Waals surface area contributed by atoms with Crippen LogP contribution in [0, 0.1) is 10.8 Å². The number of aliphatic hydroxyl groups is 3. The lowest BCUT2D eigenvalue weighted by Gasteiger charge is -2.41. The van der Waals surface area contributed by atoms with E-state index in [1.165, 1.54) is 0 Å². The number of hydrogen-bond acceptors (Lipinski definition) is 5. The Balaban J connectivity index is 2.32. The molecule has 0 aromatic heterocycles. The van der Waals surface area contributed by atoms with Crippen molar-refractivity contribution >= 4 is 0 Å². The summed E-state index contributed by atoms with van der Waals surface area (Å²) in [5.74, 6) is 0. The molecule has 1 saturated heterocycles. The van der Waals surface area contributed by atoms with E-state index >= 15 is 0 Å². The molecule has 1 rings (SSSR count). The van der Waals surface area contributed by atoms with Gasteiger partial charge in [-0.3, -0.25) is 0 Å². The van der Waals surface area contributed by atoms with E-state index in [1.807, 2.05) is 0 Å². The Labute approximate surface area is 96.0 Å². The summed E-state index contributed by atoms with van der Waals surface area (Å²) in [6.07, 6.45) is 0.984. The molecule has 0 unspecified atom stereocenters. The number of hydrogen-bond donors (Lipinski definition) is 3. The van der Waals surface area contributed by atoms with Crippen molar-refractivity contribution < 1.29 is 24.8 Å². The predicted molar refractivity (Wildman–Crippen MR) is 58.1 cm³/mol. The summed E-state index contributed by atoms with van der Waals surface area (Å²) in [6, 6.07) is 0. The molecule has 0 spiro atoms. The van der Waals surface area contributed by atoms with E-state index in [2.05, 4.69) is 6.92 Å². The van der Waals surface area contributed by atoms with Crippen molar-refractivity contribution in [3.63, 3.8) is 0 Å². The fourth-order valence-electron chi connectivity index (χ4n) is 1.55. The smallest absolute Gasteiger partial charge is 0.0629 e. The summed E-state index contributed by atoms with van der Waals surface area (Å²) in [5, 5.41) is 27.3. The topological polar surface area (TPSA) is 79.2 Å². The average Bonchev–Trinajstić information content (AvgIpc) is 2.29. The molecule has 5 nitrogen and oxygen atoms in total. The molecule has 0 amide bonds. The van der Waals surface area contributed by atoms with Crippen LogP contribution in [0.4, 0.5) is 0 Å². The Morgan fingerprint density at radius 2 is 1.75 bits per heavy atom. The zero-order valence-electron chi connectivity index (χ0n) is 9.81. The molecule has 0 atom stereocenters. The number of aliphatic hydroxyl groups excluding tert-OH is 3. The first-order chi connectivity index (χ1) is 7.66. The summed E-state index contributed by atoms with van der Waals surface area (Å²) >= 11 is 0. The fraction of sp³-hybridized carbons (Fsp3) is 1.00. The molecule has 1 fully saturated rings. The summed E-state index contributed by atoms with van der Waals surface area (Å²) in [7, 11) is 0. The third kappa shape index (κ3) is 2.93. The van der Waals surface area contributed by atoms with Crippen LogP contribution in [0.5, 0.6) is 0 Å². The molecule has 1 heterocycles. The Bertz CT molecular complexity index is 185. The highest BCUT2D eigenvalue weighted by molar-refractivity contribution is 4.85.